The Morgan fingerprint density at radius 2 is 1.65 bits per heavy atom. The van der Waals surface area contributed by atoms with Gasteiger partial charge in [-0.2, -0.15) is 0 Å². The number of aromatic amines is 1. The molecular weight excluding hydrogens is 304 g/mol. The predicted molar refractivity (Wildman–Crippen MR) is 98.5 cm³/mol. The van der Waals surface area contributed by atoms with Crippen LogP contribution >= 0.6 is 11.8 Å². The maximum absolute atomic E-state index is 4.60. The molecular formula is C18H18N4S. The Morgan fingerprint density at radius 3 is 2.26 bits per heavy atom. The lowest BCUT2D eigenvalue weighted by Gasteiger charge is -2.05. The van der Waals surface area contributed by atoms with E-state index in [0.29, 0.717) is 6.04 Å². The molecule has 0 bridgehead atoms. The molecule has 5 heteroatoms. The van der Waals surface area contributed by atoms with Crippen LogP contribution < -0.4 is 10.7 Å². The quantitative estimate of drug-likeness (QED) is 0.559. The van der Waals surface area contributed by atoms with Gasteiger partial charge in [-0.3, -0.25) is 0 Å². The maximum Gasteiger partial charge on any atom is 0.183 e. The van der Waals surface area contributed by atoms with Crippen LogP contribution in [0.15, 0.2) is 58.7 Å². The van der Waals surface area contributed by atoms with Gasteiger partial charge < -0.3 is 10.3 Å². The molecule has 2 N–H and O–H groups in total. The van der Waals surface area contributed by atoms with Crippen molar-refractivity contribution in [3.63, 3.8) is 0 Å². The van der Waals surface area contributed by atoms with Crippen LogP contribution in [0.5, 0.6) is 0 Å². The Morgan fingerprint density at radius 1 is 1.00 bits per heavy atom. The molecule has 0 radical (unpaired) electrons. The van der Waals surface area contributed by atoms with E-state index < -0.39 is 0 Å². The fourth-order valence-corrected chi connectivity index (χ4v) is 3.83. The van der Waals surface area contributed by atoms with Gasteiger partial charge in [0, 0.05) is 33.6 Å². The van der Waals surface area contributed by atoms with Gasteiger partial charge in [0.15, 0.2) is 5.17 Å². The number of thioether (sulfide) groups is 1. The zero-order chi connectivity index (χ0) is 15.6. The second-order valence-corrected chi connectivity index (χ2v) is 6.64. The van der Waals surface area contributed by atoms with E-state index in [0.717, 1.165) is 44.5 Å². The van der Waals surface area contributed by atoms with Crippen molar-refractivity contribution >= 4 is 38.7 Å². The molecule has 1 unspecified atom stereocenters. The van der Waals surface area contributed by atoms with Gasteiger partial charge in [0.1, 0.15) is 5.36 Å². The fourth-order valence-electron chi connectivity index (χ4n) is 2.81. The van der Waals surface area contributed by atoms with E-state index in [1.807, 2.05) is 24.3 Å². The van der Waals surface area contributed by atoms with Gasteiger partial charge in [-0.1, -0.05) is 55.1 Å². The Hall–Kier alpha value is -2.27. The SMILES string of the molecule is CCC1CSC(=NN=c2c3ccccc3[nH]c3ccccc23)N1. The zero-order valence-electron chi connectivity index (χ0n) is 12.9. The number of amidine groups is 1. The summed E-state index contributed by atoms with van der Waals surface area (Å²) in [6.45, 7) is 2.19. The number of H-pyrrole nitrogens is 1. The number of hydrogen-bond donors (Lipinski definition) is 2. The van der Waals surface area contributed by atoms with Crippen LogP contribution in [0, 0.1) is 0 Å². The molecule has 23 heavy (non-hydrogen) atoms. The number of fused-ring (bicyclic) bond motifs is 2. The molecule has 1 saturated heterocycles. The molecule has 0 amide bonds. The molecule has 2 aromatic carbocycles. The van der Waals surface area contributed by atoms with Crippen molar-refractivity contribution in [3.8, 4) is 0 Å². The second-order valence-electron chi connectivity index (χ2n) is 5.63. The Bertz CT molecular complexity index is 901. The van der Waals surface area contributed by atoms with Crippen LogP contribution in [-0.2, 0) is 0 Å². The smallest absolute Gasteiger partial charge is 0.183 e. The van der Waals surface area contributed by atoms with E-state index in [4.69, 9.17) is 0 Å². The number of pyridine rings is 1. The van der Waals surface area contributed by atoms with Crippen molar-refractivity contribution in [2.75, 3.05) is 5.75 Å². The third-order valence-electron chi connectivity index (χ3n) is 4.12. The number of nitrogens with one attached hydrogen (secondary N) is 2. The van der Waals surface area contributed by atoms with E-state index in [1.165, 1.54) is 0 Å². The van der Waals surface area contributed by atoms with Gasteiger partial charge in [-0.25, -0.2) is 0 Å². The van der Waals surface area contributed by atoms with Crippen molar-refractivity contribution < 1.29 is 0 Å². The second kappa shape index (κ2) is 6.08. The first-order valence-electron chi connectivity index (χ1n) is 7.86. The van der Waals surface area contributed by atoms with Gasteiger partial charge in [-0.05, 0) is 18.6 Å². The van der Waals surface area contributed by atoms with Crippen LogP contribution in [0.1, 0.15) is 13.3 Å². The highest BCUT2D eigenvalue weighted by Gasteiger charge is 2.18. The molecule has 1 aromatic heterocycles. The predicted octanol–water partition coefficient (Wildman–Crippen LogP) is 3.61. The first-order chi connectivity index (χ1) is 11.3. The minimum Gasteiger partial charge on any atom is -0.360 e. The lowest BCUT2D eigenvalue weighted by Crippen LogP contribution is -2.25. The summed E-state index contributed by atoms with van der Waals surface area (Å²) in [4.78, 5) is 3.46. The molecule has 4 rings (SSSR count). The van der Waals surface area contributed by atoms with Crippen LogP contribution in [0.25, 0.3) is 21.8 Å². The molecule has 0 aliphatic carbocycles. The molecule has 0 spiro atoms. The van der Waals surface area contributed by atoms with Crippen LogP contribution in [0.3, 0.4) is 0 Å². The van der Waals surface area contributed by atoms with Crippen LogP contribution in [0.4, 0.5) is 0 Å². The van der Waals surface area contributed by atoms with Crippen molar-refractivity contribution in [1.82, 2.24) is 10.3 Å². The topological polar surface area (TPSA) is 52.5 Å². The highest BCUT2D eigenvalue weighted by molar-refractivity contribution is 8.14. The molecule has 3 aromatic rings. The van der Waals surface area contributed by atoms with Crippen LogP contribution in [0.2, 0.25) is 0 Å². The largest absolute Gasteiger partial charge is 0.360 e. The number of para-hydroxylation sites is 2. The van der Waals surface area contributed by atoms with Crippen molar-refractivity contribution in [2.45, 2.75) is 19.4 Å². The van der Waals surface area contributed by atoms with E-state index in [9.17, 15) is 0 Å². The first kappa shape index (κ1) is 14.3. The molecule has 4 nitrogen and oxygen atoms in total. The van der Waals surface area contributed by atoms with Gasteiger partial charge in [0.25, 0.3) is 0 Å². The van der Waals surface area contributed by atoms with Gasteiger partial charge in [0.05, 0.1) is 0 Å². The normalized spacial score (nSPS) is 19.3. The third-order valence-corrected chi connectivity index (χ3v) is 5.16. The summed E-state index contributed by atoms with van der Waals surface area (Å²) in [6.07, 6.45) is 1.11. The summed E-state index contributed by atoms with van der Waals surface area (Å²) in [7, 11) is 0. The van der Waals surface area contributed by atoms with Gasteiger partial charge in [0.2, 0.25) is 0 Å². The van der Waals surface area contributed by atoms with E-state index >= 15 is 0 Å². The lowest BCUT2D eigenvalue weighted by molar-refractivity contribution is 0.667. The van der Waals surface area contributed by atoms with Crippen LogP contribution in [-0.4, -0.2) is 21.9 Å². The van der Waals surface area contributed by atoms with Crippen molar-refractivity contribution in [3.05, 3.63) is 53.9 Å². The lowest BCUT2D eigenvalue weighted by atomic mass is 10.1. The Balaban J connectivity index is 1.93. The number of benzene rings is 2. The highest BCUT2D eigenvalue weighted by Crippen LogP contribution is 2.17. The van der Waals surface area contributed by atoms with Crippen molar-refractivity contribution in [2.24, 2.45) is 10.2 Å². The van der Waals surface area contributed by atoms with Gasteiger partial charge in [-0.15, -0.1) is 10.2 Å². The summed E-state index contributed by atoms with van der Waals surface area (Å²) in [5, 5.41) is 16.5. The molecule has 1 fully saturated rings. The number of hydrogen-bond acceptors (Lipinski definition) is 3. The molecule has 1 aliphatic rings. The molecule has 1 aliphatic heterocycles. The summed E-state index contributed by atoms with van der Waals surface area (Å²) >= 11 is 1.74. The van der Waals surface area contributed by atoms with Gasteiger partial charge >= 0.3 is 0 Å². The van der Waals surface area contributed by atoms with E-state index in [2.05, 4.69) is 51.7 Å². The maximum atomic E-state index is 4.60. The summed E-state index contributed by atoms with van der Waals surface area (Å²) in [5.41, 5.74) is 2.15. The Kier molecular flexibility index (Phi) is 3.79. The third kappa shape index (κ3) is 2.72. The first-order valence-corrected chi connectivity index (χ1v) is 8.84. The summed E-state index contributed by atoms with van der Waals surface area (Å²) in [5.74, 6) is 1.06. The number of rotatable bonds is 2. The molecule has 116 valence electrons. The zero-order valence-corrected chi connectivity index (χ0v) is 13.7. The standard InChI is InChI=1S/C18H18N4S/c1-2-12-11-23-18(19-12)22-21-17-13-7-3-5-9-15(13)20-16-10-6-4-8-14(16)17/h3-10,12H,2,11H2,1H3,(H,19,22)(H,20,21). The fraction of sp³-hybridized carbons (Fsp3) is 0.222. The summed E-state index contributed by atoms with van der Waals surface area (Å²) < 4.78 is 0. The monoisotopic (exact) mass is 322 g/mol. The minimum absolute atomic E-state index is 0.506. The van der Waals surface area contributed by atoms with Crippen molar-refractivity contribution in [1.29, 1.82) is 0 Å². The minimum atomic E-state index is 0.506. The molecule has 0 saturated carbocycles. The average Bonchev–Trinajstić information content (AvgIpc) is 3.06. The Labute approximate surface area is 138 Å². The number of aromatic nitrogens is 1. The van der Waals surface area contributed by atoms with E-state index in [1.54, 1.807) is 11.8 Å². The van der Waals surface area contributed by atoms with E-state index in [-0.39, 0.29) is 0 Å². The average molecular weight is 322 g/mol. The number of nitrogens with zero attached hydrogens (tertiary/aromatic N) is 2. The molecule has 2 heterocycles. The molecule has 1 atom stereocenters. The summed E-state index contributed by atoms with van der Waals surface area (Å²) in [6, 6.07) is 17.0. The highest BCUT2D eigenvalue weighted by atomic mass is 32.2.